The quantitative estimate of drug-likeness (QED) is 0.465. The van der Waals surface area contributed by atoms with Gasteiger partial charge in [0.2, 0.25) is 5.94 Å². The zero-order valence-electron chi connectivity index (χ0n) is 5.40. The first-order valence-electron chi connectivity index (χ1n) is 2.56. The average Bonchev–Trinajstić information content (AvgIpc) is 1.81. The molecular weight excluding hydrogens is 160 g/mol. The van der Waals surface area contributed by atoms with E-state index >= 15 is 0 Å². The lowest BCUT2D eigenvalue weighted by Crippen LogP contribution is -2.12. The van der Waals surface area contributed by atoms with Gasteiger partial charge in [0, 0.05) is 6.42 Å². The fourth-order valence-electron chi connectivity index (χ4n) is 0.242. The van der Waals surface area contributed by atoms with E-state index < -0.39 is 22.0 Å². The number of carbonyl (C=O) groups is 1. The summed E-state index contributed by atoms with van der Waals surface area (Å²) in [6, 6.07) is 0. The molecule has 10 heavy (non-hydrogen) atoms. The van der Waals surface area contributed by atoms with Crippen LogP contribution in [0.4, 0.5) is 0 Å². The molecule has 0 aromatic rings. The largest absolute Gasteiger partial charge is 0.447 e. The van der Waals surface area contributed by atoms with Gasteiger partial charge in [-0.1, -0.05) is 6.92 Å². The van der Waals surface area contributed by atoms with E-state index in [-0.39, 0.29) is 6.42 Å². The first kappa shape index (κ1) is 9.38. The summed E-state index contributed by atoms with van der Waals surface area (Å²) in [5.74, 6) is -1.61. The standard InChI is InChI=1S/C4H8O5S/c1-2-4(5)9-3-10(6,7)8/h2-3H2,1H3,(H,6,7,8). The number of hydrogen-bond acceptors (Lipinski definition) is 4. The van der Waals surface area contributed by atoms with Crippen LogP contribution in [0.3, 0.4) is 0 Å². The van der Waals surface area contributed by atoms with Crippen LogP contribution >= 0.6 is 0 Å². The number of rotatable bonds is 3. The van der Waals surface area contributed by atoms with Crippen LogP contribution in [0.15, 0.2) is 0 Å². The van der Waals surface area contributed by atoms with Gasteiger partial charge in [0.1, 0.15) is 0 Å². The lowest BCUT2D eigenvalue weighted by molar-refractivity contribution is -0.141. The molecule has 0 bridgehead atoms. The van der Waals surface area contributed by atoms with Crippen LogP contribution in [-0.4, -0.2) is 24.9 Å². The van der Waals surface area contributed by atoms with Gasteiger partial charge in [0.05, 0.1) is 0 Å². The van der Waals surface area contributed by atoms with E-state index in [9.17, 15) is 13.2 Å². The van der Waals surface area contributed by atoms with Crippen molar-refractivity contribution in [3.8, 4) is 0 Å². The van der Waals surface area contributed by atoms with Crippen LogP contribution < -0.4 is 0 Å². The van der Waals surface area contributed by atoms with Gasteiger partial charge in [-0.2, -0.15) is 8.42 Å². The average molecular weight is 168 g/mol. The van der Waals surface area contributed by atoms with Crippen LogP contribution in [0.5, 0.6) is 0 Å². The molecule has 0 saturated heterocycles. The summed E-state index contributed by atoms with van der Waals surface area (Å²) in [5.41, 5.74) is 0. The van der Waals surface area contributed by atoms with Crippen molar-refractivity contribution in [3.05, 3.63) is 0 Å². The van der Waals surface area contributed by atoms with E-state index in [0.717, 1.165) is 0 Å². The van der Waals surface area contributed by atoms with Gasteiger partial charge in [0.15, 0.2) is 0 Å². The molecule has 0 amide bonds. The summed E-state index contributed by atoms with van der Waals surface area (Å²) < 4.78 is 32.0. The minimum atomic E-state index is -4.17. The lowest BCUT2D eigenvalue weighted by Gasteiger charge is -1.97. The minimum Gasteiger partial charge on any atom is -0.447 e. The molecule has 0 aromatic heterocycles. The Morgan fingerprint density at radius 3 is 2.40 bits per heavy atom. The van der Waals surface area contributed by atoms with Crippen molar-refractivity contribution >= 4 is 16.1 Å². The predicted molar refractivity (Wildman–Crippen MR) is 32.8 cm³/mol. The highest BCUT2D eigenvalue weighted by molar-refractivity contribution is 7.85. The molecule has 6 heteroatoms. The van der Waals surface area contributed by atoms with Crippen molar-refractivity contribution in [3.63, 3.8) is 0 Å². The molecule has 0 aliphatic rings. The first-order valence-corrected chi connectivity index (χ1v) is 4.17. The molecule has 0 radical (unpaired) electrons. The van der Waals surface area contributed by atoms with E-state index in [4.69, 9.17) is 4.55 Å². The summed E-state index contributed by atoms with van der Waals surface area (Å²) >= 11 is 0. The van der Waals surface area contributed by atoms with Gasteiger partial charge >= 0.3 is 16.1 Å². The number of ether oxygens (including phenoxy) is 1. The van der Waals surface area contributed by atoms with Crippen molar-refractivity contribution in [2.75, 3.05) is 5.94 Å². The summed E-state index contributed by atoms with van der Waals surface area (Å²) in [6.07, 6.45) is 0.0928. The third kappa shape index (κ3) is 5.52. The fourth-order valence-corrected chi connectivity index (χ4v) is 0.523. The number of carbonyl (C=O) groups excluding carboxylic acids is 1. The highest BCUT2D eigenvalue weighted by Gasteiger charge is 2.07. The number of hydrogen-bond donors (Lipinski definition) is 1. The molecule has 60 valence electrons. The molecule has 0 fully saturated rings. The Labute approximate surface area is 58.7 Å². The van der Waals surface area contributed by atoms with Gasteiger partial charge in [0.25, 0.3) is 0 Å². The molecule has 1 N–H and O–H groups in total. The second-order valence-electron chi connectivity index (χ2n) is 1.57. The Bertz CT molecular complexity index is 204. The zero-order valence-corrected chi connectivity index (χ0v) is 6.22. The van der Waals surface area contributed by atoms with Gasteiger partial charge in [-0.05, 0) is 0 Å². The van der Waals surface area contributed by atoms with E-state index in [2.05, 4.69) is 4.74 Å². The molecular formula is C4H8O5S. The van der Waals surface area contributed by atoms with E-state index in [1.807, 2.05) is 0 Å². The smallest absolute Gasteiger partial charge is 0.306 e. The molecule has 0 aliphatic carbocycles. The van der Waals surface area contributed by atoms with Crippen LogP contribution in [0, 0.1) is 0 Å². The molecule has 0 atom stereocenters. The maximum atomic E-state index is 10.3. The third-order valence-corrected chi connectivity index (χ3v) is 1.07. The molecule has 0 aliphatic heterocycles. The highest BCUT2D eigenvalue weighted by atomic mass is 32.2. The van der Waals surface area contributed by atoms with E-state index in [0.29, 0.717) is 0 Å². The van der Waals surface area contributed by atoms with E-state index in [1.165, 1.54) is 6.92 Å². The van der Waals surface area contributed by atoms with Crippen molar-refractivity contribution in [2.45, 2.75) is 13.3 Å². The zero-order chi connectivity index (χ0) is 8.20. The Morgan fingerprint density at radius 1 is 1.60 bits per heavy atom. The van der Waals surface area contributed by atoms with Gasteiger partial charge < -0.3 is 4.74 Å². The van der Waals surface area contributed by atoms with Crippen molar-refractivity contribution < 1.29 is 22.5 Å². The van der Waals surface area contributed by atoms with Crippen LogP contribution in [0.1, 0.15) is 13.3 Å². The van der Waals surface area contributed by atoms with Crippen LogP contribution in [-0.2, 0) is 19.6 Å². The Balaban J connectivity index is 3.67. The van der Waals surface area contributed by atoms with Crippen LogP contribution in [0.25, 0.3) is 0 Å². The van der Waals surface area contributed by atoms with Gasteiger partial charge in [-0.15, -0.1) is 0 Å². The topological polar surface area (TPSA) is 80.7 Å². The van der Waals surface area contributed by atoms with Crippen LogP contribution in [0.2, 0.25) is 0 Å². The molecule has 0 saturated carbocycles. The Kier molecular flexibility index (Phi) is 3.31. The monoisotopic (exact) mass is 168 g/mol. The molecule has 0 spiro atoms. The SMILES string of the molecule is CCC(=O)OCS(=O)(=O)O. The third-order valence-electron chi connectivity index (χ3n) is 0.658. The predicted octanol–water partition coefficient (Wildman–Crippen LogP) is -0.215. The summed E-state index contributed by atoms with van der Waals surface area (Å²) in [4.78, 5) is 10.3. The normalized spacial score (nSPS) is 11.0. The second kappa shape index (κ2) is 3.52. The van der Waals surface area contributed by atoms with Crippen molar-refractivity contribution in [2.24, 2.45) is 0 Å². The van der Waals surface area contributed by atoms with Crippen molar-refractivity contribution in [1.29, 1.82) is 0 Å². The summed E-state index contributed by atoms with van der Waals surface area (Å²) in [5, 5.41) is 0. The summed E-state index contributed by atoms with van der Waals surface area (Å²) in [6.45, 7) is 1.52. The molecule has 0 unspecified atom stereocenters. The Morgan fingerprint density at radius 2 is 2.10 bits per heavy atom. The molecule has 0 heterocycles. The maximum absolute atomic E-state index is 10.3. The minimum absolute atomic E-state index is 0.0928. The van der Waals surface area contributed by atoms with Gasteiger partial charge in [-0.3, -0.25) is 9.35 Å². The first-order chi connectivity index (χ1) is 4.45. The maximum Gasteiger partial charge on any atom is 0.306 e. The number of esters is 1. The van der Waals surface area contributed by atoms with Gasteiger partial charge in [-0.25, -0.2) is 0 Å². The Hall–Kier alpha value is -0.620. The molecule has 5 nitrogen and oxygen atoms in total. The van der Waals surface area contributed by atoms with Crippen molar-refractivity contribution in [1.82, 2.24) is 0 Å². The highest BCUT2D eigenvalue weighted by Crippen LogP contribution is 1.88. The van der Waals surface area contributed by atoms with E-state index in [1.54, 1.807) is 0 Å². The fraction of sp³-hybridized carbons (Fsp3) is 0.750. The summed E-state index contributed by atoms with van der Waals surface area (Å²) in [7, 11) is -4.17. The lowest BCUT2D eigenvalue weighted by atomic mass is 10.5. The molecule has 0 aromatic carbocycles. The second-order valence-corrected chi connectivity index (χ2v) is 2.97. The molecule has 0 rings (SSSR count).